The van der Waals surface area contributed by atoms with Crippen LogP contribution in [0.2, 0.25) is 5.02 Å². The first-order valence-corrected chi connectivity index (χ1v) is 7.94. The molecule has 5 nitrogen and oxygen atoms in total. The molecule has 24 heavy (non-hydrogen) atoms. The summed E-state index contributed by atoms with van der Waals surface area (Å²) < 4.78 is 5.22. The Kier molecular flexibility index (Phi) is 7.52. The molecule has 1 unspecified atom stereocenters. The van der Waals surface area contributed by atoms with Crippen molar-refractivity contribution in [1.82, 2.24) is 0 Å². The van der Waals surface area contributed by atoms with E-state index in [1.807, 2.05) is 6.92 Å². The Bertz CT molecular complexity index is 664. The molecule has 0 saturated carbocycles. The average molecular weight is 353 g/mol. The number of allylic oxidation sites excluding steroid dienone is 2. The zero-order valence-electron chi connectivity index (χ0n) is 13.7. The SMILES string of the molecule is C=CCC(C)OC(=O)c1c(O)cc(O)c(Cl)c1CC(=O)/C=C/CC. The van der Waals surface area contributed by atoms with Crippen LogP contribution in [0.5, 0.6) is 11.5 Å². The summed E-state index contributed by atoms with van der Waals surface area (Å²) in [5, 5.41) is 19.6. The first-order chi connectivity index (χ1) is 11.3. The second kappa shape index (κ2) is 9.13. The minimum absolute atomic E-state index is 0.0377. The maximum atomic E-state index is 12.3. The number of hydrogen-bond acceptors (Lipinski definition) is 5. The highest BCUT2D eigenvalue weighted by Crippen LogP contribution is 2.37. The van der Waals surface area contributed by atoms with Crippen molar-refractivity contribution >= 4 is 23.4 Å². The molecule has 0 aliphatic heterocycles. The Hall–Kier alpha value is -2.27. The van der Waals surface area contributed by atoms with E-state index in [4.69, 9.17) is 16.3 Å². The van der Waals surface area contributed by atoms with Gasteiger partial charge in [-0.15, -0.1) is 6.58 Å². The molecule has 0 radical (unpaired) electrons. The third kappa shape index (κ3) is 5.13. The summed E-state index contributed by atoms with van der Waals surface area (Å²) in [7, 11) is 0. The Morgan fingerprint density at radius 1 is 1.38 bits per heavy atom. The van der Waals surface area contributed by atoms with Crippen molar-refractivity contribution in [1.29, 1.82) is 0 Å². The molecule has 1 atom stereocenters. The van der Waals surface area contributed by atoms with Crippen LogP contribution in [0.1, 0.15) is 42.6 Å². The number of esters is 1. The predicted octanol–water partition coefficient (Wildman–Crippen LogP) is 3.95. The maximum Gasteiger partial charge on any atom is 0.342 e. The average Bonchev–Trinajstić information content (AvgIpc) is 2.50. The molecule has 1 aromatic carbocycles. The van der Waals surface area contributed by atoms with Crippen LogP contribution in [0, 0.1) is 0 Å². The van der Waals surface area contributed by atoms with E-state index in [1.54, 1.807) is 19.1 Å². The van der Waals surface area contributed by atoms with Crippen molar-refractivity contribution in [3.05, 3.63) is 47.0 Å². The van der Waals surface area contributed by atoms with Crippen molar-refractivity contribution in [2.75, 3.05) is 0 Å². The minimum atomic E-state index is -0.814. The number of ether oxygens (including phenoxy) is 1. The van der Waals surface area contributed by atoms with Crippen molar-refractivity contribution < 1.29 is 24.5 Å². The molecule has 0 aromatic heterocycles. The fourth-order valence-electron chi connectivity index (χ4n) is 2.08. The highest BCUT2D eigenvalue weighted by molar-refractivity contribution is 6.33. The Morgan fingerprint density at radius 3 is 2.62 bits per heavy atom. The third-order valence-corrected chi connectivity index (χ3v) is 3.64. The van der Waals surface area contributed by atoms with E-state index in [-0.39, 0.29) is 28.4 Å². The van der Waals surface area contributed by atoms with Crippen molar-refractivity contribution in [2.24, 2.45) is 0 Å². The molecule has 0 fully saturated rings. The quantitative estimate of drug-likeness (QED) is 0.420. The predicted molar refractivity (Wildman–Crippen MR) is 92.6 cm³/mol. The van der Waals surface area contributed by atoms with Gasteiger partial charge < -0.3 is 14.9 Å². The summed E-state index contributed by atoms with van der Waals surface area (Å²) >= 11 is 6.03. The topological polar surface area (TPSA) is 83.8 Å². The second-order valence-corrected chi connectivity index (χ2v) is 5.65. The van der Waals surface area contributed by atoms with Crippen LogP contribution < -0.4 is 0 Å². The molecule has 0 aliphatic rings. The molecule has 1 aromatic rings. The van der Waals surface area contributed by atoms with Crippen molar-refractivity contribution in [2.45, 2.75) is 39.2 Å². The first-order valence-electron chi connectivity index (χ1n) is 7.56. The van der Waals surface area contributed by atoms with Gasteiger partial charge in [-0.1, -0.05) is 30.7 Å². The van der Waals surface area contributed by atoms with E-state index in [9.17, 15) is 19.8 Å². The van der Waals surface area contributed by atoms with Gasteiger partial charge in [-0.3, -0.25) is 4.79 Å². The standard InChI is InChI=1S/C18H21ClO5/c1-4-6-8-12(20)9-13-16(14(21)10-15(22)17(13)19)18(23)24-11(3)7-5-2/h5-6,8,10-11,21-22H,2,4,7,9H2,1,3H3/b8-6+. The van der Waals surface area contributed by atoms with Gasteiger partial charge in [0.05, 0.1) is 5.02 Å². The van der Waals surface area contributed by atoms with Gasteiger partial charge in [0.15, 0.2) is 5.78 Å². The van der Waals surface area contributed by atoms with Crippen LogP contribution in [0.3, 0.4) is 0 Å². The van der Waals surface area contributed by atoms with Gasteiger partial charge in [-0.2, -0.15) is 0 Å². The zero-order valence-corrected chi connectivity index (χ0v) is 14.5. The lowest BCUT2D eigenvalue weighted by Gasteiger charge is -2.16. The van der Waals surface area contributed by atoms with Gasteiger partial charge in [0, 0.05) is 24.5 Å². The lowest BCUT2D eigenvalue weighted by molar-refractivity contribution is -0.114. The van der Waals surface area contributed by atoms with Gasteiger partial charge in [0.1, 0.15) is 23.2 Å². The monoisotopic (exact) mass is 352 g/mol. The largest absolute Gasteiger partial charge is 0.507 e. The molecule has 0 bridgehead atoms. The van der Waals surface area contributed by atoms with Crippen LogP contribution in [0.25, 0.3) is 0 Å². The summed E-state index contributed by atoms with van der Waals surface area (Å²) in [5.74, 6) is -2.02. The number of carbonyl (C=O) groups excluding carboxylic acids is 2. The first kappa shape index (κ1) is 19.8. The van der Waals surface area contributed by atoms with Crippen LogP contribution in [-0.2, 0) is 16.0 Å². The number of benzene rings is 1. The van der Waals surface area contributed by atoms with Gasteiger partial charge in [-0.05, 0) is 19.4 Å². The number of carbonyl (C=O) groups is 2. The second-order valence-electron chi connectivity index (χ2n) is 5.28. The number of phenols is 2. The van der Waals surface area contributed by atoms with E-state index in [0.29, 0.717) is 12.8 Å². The van der Waals surface area contributed by atoms with E-state index >= 15 is 0 Å². The van der Waals surface area contributed by atoms with E-state index in [2.05, 4.69) is 6.58 Å². The number of halogens is 1. The highest BCUT2D eigenvalue weighted by atomic mass is 35.5. The number of hydrogen-bond donors (Lipinski definition) is 2. The molecule has 1 rings (SSSR count). The maximum absolute atomic E-state index is 12.3. The summed E-state index contributed by atoms with van der Waals surface area (Å²) in [5.41, 5.74) is -0.178. The molecule has 0 amide bonds. The Balaban J connectivity index is 3.25. The van der Waals surface area contributed by atoms with Gasteiger partial charge in [0.2, 0.25) is 0 Å². The van der Waals surface area contributed by atoms with Crippen molar-refractivity contribution in [3.8, 4) is 11.5 Å². The van der Waals surface area contributed by atoms with Crippen LogP contribution >= 0.6 is 11.6 Å². The molecular weight excluding hydrogens is 332 g/mol. The molecule has 130 valence electrons. The zero-order chi connectivity index (χ0) is 18.3. The van der Waals surface area contributed by atoms with Gasteiger partial charge in [-0.25, -0.2) is 4.79 Å². The Labute approximate surface area is 146 Å². The molecule has 2 N–H and O–H groups in total. The minimum Gasteiger partial charge on any atom is -0.507 e. The molecular formula is C18H21ClO5. The fourth-order valence-corrected chi connectivity index (χ4v) is 2.30. The lowest BCUT2D eigenvalue weighted by atomic mass is 10.00. The lowest BCUT2D eigenvalue weighted by Crippen LogP contribution is -2.17. The van der Waals surface area contributed by atoms with Crippen LogP contribution in [-0.4, -0.2) is 28.1 Å². The number of rotatable bonds is 8. The fraction of sp³-hybridized carbons (Fsp3) is 0.333. The third-order valence-electron chi connectivity index (χ3n) is 3.22. The number of ketones is 1. The number of phenolic OH excluding ortho intramolecular Hbond substituents is 2. The molecule has 0 aliphatic carbocycles. The summed E-state index contributed by atoms with van der Waals surface area (Å²) in [4.78, 5) is 24.3. The molecule has 0 heterocycles. The van der Waals surface area contributed by atoms with Crippen molar-refractivity contribution in [3.63, 3.8) is 0 Å². The summed E-state index contributed by atoms with van der Waals surface area (Å²) in [6.07, 6.45) is 5.06. The smallest absolute Gasteiger partial charge is 0.342 e. The van der Waals surface area contributed by atoms with Gasteiger partial charge in [0.25, 0.3) is 0 Å². The van der Waals surface area contributed by atoms with E-state index < -0.39 is 23.6 Å². The number of aromatic hydroxyl groups is 2. The normalized spacial score (nSPS) is 12.1. The summed E-state index contributed by atoms with van der Waals surface area (Å²) in [6, 6.07) is 0.951. The molecule has 0 spiro atoms. The van der Waals surface area contributed by atoms with E-state index in [0.717, 1.165) is 6.07 Å². The molecule has 0 saturated heterocycles. The molecule has 6 heteroatoms. The van der Waals surface area contributed by atoms with Crippen LogP contribution in [0.15, 0.2) is 30.9 Å². The summed E-state index contributed by atoms with van der Waals surface area (Å²) in [6.45, 7) is 7.11. The van der Waals surface area contributed by atoms with E-state index in [1.165, 1.54) is 6.08 Å². The highest BCUT2D eigenvalue weighted by Gasteiger charge is 2.25. The van der Waals surface area contributed by atoms with Gasteiger partial charge >= 0.3 is 5.97 Å². The Morgan fingerprint density at radius 2 is 2.04 bits per heavy atom. The van der Waals surface area contributed by atoms with Crippen LogP contribution in [0.4, 0.5) is 0 Å².